The topological polar surface area (TPSA) is 35.4 Å². The largest absolute Gasteiger partial charge is 0.495 e. The van der Waals surface area contributed by atoms with Crippen molar-refractivity contribution in [1.29, 1.82) is 0 Å². The molecule has 0 unspecified atom stereocenters. The highest BCUT2D eigenvalue weighted by molar-refractivity contribution is 5.75. The molecule has 1 N–H and O–H groups in total. The Kier molecular flexibility index (Phi) is 0.978. The van der Waals surface area contributed by atoms with Crippen molar-refractivity contribution in [3.63, 3.8) is 0 Å². The number of amidine groups is 1. The zero-order valence-electron chi connectivity index (χ0n) is 4.01. The van der Waals surface area contributed by atoms with Crippen molar-refractivity contribution in [3.8, 4) is 0 Å². The van der Waals surface area contributed by atoms with Gasteiger partial charge in [-0.2, -0.15) is 0 Å². The monoisotopic (exact) mass is 98.0 g/mol. The van der Waals surface area contributed by atoms with Gasteiger partial charge in [-0.25, -0.2) is 5.32 Å². The molecule has 1 aliphatic heterocycles. The molecule has 3 heteroatoms. The van der Waals surface area contributed by atoms with Crippen LogP contribution in [0.5, 0.6) is 0 Å². The summed E-state index contributed by atoms with van der Waals surface area (Å²) in [5.41, 5.74) is 0. The number of nitrogens with zero attached hydrogens (tertiary/aromatic N) is 1. The first-order valence-corrected chi connectivity index (χ1v) is 1.97. The average molecular weight is 98.1 g/mol. The standard InChI is InChI=1S/C4H6N2O/c1-7-4-5-2-3-6-4/h2-3,5H,1H3/q+1. The fourth-order valence-electron chi connectivity index (χ4n) is 0.362. The molecule has 0 aliphatic carbocycles. The molecule has 0 aromatic carbocycles. The molecule has 1 heterocycles. The highest BCUT2D eigenvalue weighted by atomic mass is 16.5. The summed E-state index contributed by atoms with van der Waals surface area (Å²) < 4.78 is 4.69. The molecule has 7 heavy (non-hydrogen) atoms. The molecule has 1 rings (SSSR count). The molecular formula is C4H6N2O+. The van der Waals surface area contributed by atoms with Crippen LogP contribution in [0.15, 0.2) is 12.4 Å². The number of rotatable bonds is 0. The van der Waals surface area contributed by atoms with Gasteiger partial charge in [-0.3, -0.25) is 0 Å². The molecule has 37 valence electrons. The summed E-state index contributed by atoms with van der Waals surface area (Å²) in [6.07, 6.45) is 3.34. The van der Waals surface area contributed by atoms with E-state index in [-0.39, 0.29) is 0 Å². The van der Waals surface area contributed by atoms with Gasteiger partial charge in [0.1, 0.15) is 6.20 Å². The summed E-state index contributed by atoms with van der Waals surface area (Å²) >= 11 is 0. The number of hydrogen-bond acceptors (Lipinski definition) is 3. The Morgan fingerprint density at radius 2 is 2.71 bits per heavy atom. The van der Waals surface area contributed by atoms with E-state index in [1.807, 2.05) is 0 Å². The van der Waals surface area contributed by atoms with Gasteiger partial charge in [0.15, 0.2) is 6.20 Å². The lowest BCUT2D eigenvalue weighted by molar-refractivity contribution is 0.387. The molecule has 0 saturated carbocycles. The van der Waals surface area contributed by atoms with E-state index in [0.29, 0.717) is 6.02 Å². The molecule has 0 aromatic heterocycles. The van der Waals surface area contributed by atoms with Crippen molar-refractivity contribution < 1.29 is 4.74 Å². The summed E-state index contributed by atoms with van der Waals surface area (Å²) in [4.78, 5) is 3.76. The minimum absolute atomic E-state index is 0.556. The summed E-state index contributed by atoms with van der Waals surface area (Å²) in [5, 5.41) is 2.75. The van der Waals surface area contributed by atoms with Gasteiger partial charge in [-0.15, -0.1) is 0 Å². The van der Waals surface area contributed by atoms with Gasteiger partial charge in [0.2, 0.25) is 0 Å². The second-order valence-corrected chi connectivity index (χ2v) is 1.10. The Morgan fingerprint density at radius 3 is 3.00 bits per heavy atom. The van der Waals surface area contributed by atoms with Crippen molar-refractivity contribution >= 4 is 6.02 Å². The fraction of sp³-hybridized carbons (Fsp3) is 0.250. The second-order valence-electron chi connectivity index (χ2n) is 1.10. The van der Waals surface area contributed by atoms with Gasteiger partial charge >= 0.3 is 6.02 Å². The van der Waals surface area contributed by atoms with Gasteiger partial charge in [-0.1, -0.05) is 0 Å². The molecule has 0 amide bonds. The zero-order valence-corrected chi connectivity index (χ0v) is 4.01. The van der Waals surface area contributed by atoms with Crippen LogP contribution in [0.2, 0.25) is 0 Å². The van der Waals surface area contributed by atoms with E-state index in [1.54, 1.807) is 19.5 Å². The zero-order chi connectivity index (χ0) is 5.11. The van der Waals surface area contributed by atoms with E-state index in [1.165, 1.54) is 0 Å². The molecule has 0 aromatic rings. The predicted molar refractivity (Wildman–Crippen MR) is 26.4 cm³/mol. The summed E-state index contributed by atoms with van der Waals surface area (Å²) in [6.45, 7) is 0. The molecule has 0 saturated heterocycles. The van der Waals surface area contributed by atoms with Crippen LogP contribution >= 0.6 is 0 Å². The van der Waals surface area contributed by atoms with Gasteiger partial charge in [0, 0.05) is 0 Å². The van der Waals surface area contributed by atoms with Crippen LogP contribution in [0, 0.1) is 0 Å². The van der Waals surface area contributed by atoms with E-state index in [2.05, 4.69) is 15.0 Å². The minimum atomic E-state index is 0.556. The molecule has 3 nitrogen and oxygen atoms in total. The lowest BCUT2D eigenvalue weighted by atomic mass is 11.0. The number of hydrogen-bond donors (Lipinski definition) is 1. The third kappa shape index (κ3) is 0.707. The predicted octanol–water partition coefficient (Wildman–Crippen LogP) is -0.601. The quantitative estimate of drug-likeness (QED) is 0.439. The van der Waals surface area contributed by atoms with Crippen LogP contribution in [0.25, 0.3) is 0 Å². The first kappa shape index (κ1) is 4.18. The molecule has 0 fully saturated rings. The van der Waals surface area contributed by atoms with E-state index < -0.39 is 0 Å². The van der Waals surface area contributed by atoms with Crippen LogP contribution in [-0.2, 0) is 4.74 Å². The van der Waals surface area contributed by atoms with Crippen molar-refractivity contribution in [3.05, 3.63) is 12.4 Å². The van der Waals surface area contributed by atoms with E-state index >= 15 is 0 Å². The van der Waals surface area contributed by atoms with Crippen molar-refractivity contribution in [2.24, 2.45) is 0 Å². The van der Waals surface area contributed by atoms with Crippen LogP contribution in [0.4, 0.5) is 0 Å². The molecular weight excluding hydrogens is 92.1 g/mol. The minimum Gasteiger partial charge on any atom is -0.432 e. The molecule has 0 spiro atoms. The van der Waals surface area contributed by atoms with Crippen molar-refractivity contribution in [2.75, 3.05) is 7.11 Å². The third-order valence-electron chi connectivity index (χ3n) is 0.666. The first-order chi connectivity index (χ1) is 3.43. The number of methoxy groups -OCH3 is 1. The summed E-state index contributed by atoms with van der Waals surface area (Å²) in [6, 6.07) is 0.556. The Hall–Kier alpha value is -0.990. The third-order valence-corrected chi connectivity index (χ3v) is 0.666. The molecule has 1 radical (unpaired) electrons. The van der Waals surface area contributed by atoms with Gasteiger partial charge in [0.25, 0.3) is 0 Å². The lowest BCUT2D eigenvalue weighted by Gasteiger charge is -1.83. The van der Waals surface area contributed by atoms with E-state index in [4.69, 9.17) is 0 Å². The smallest absolute Gasteiger partial charge is 0.432 e. The molecule has 0 bridgehead atoms. The summed E-state index contributed by atoms with van der Waals surface area (Å²) in [7, 11) is 1.57. The van der Waals surface area contributed by atoms with Gasteiger partial charge in [0.05, 0.1) is 7.11 Å². The summed E-state index contributed by atoms with van der Waals surface area (Å²) in [5.74, 6) is 0. The van der Waals surface area contributed by atoms with E-state index in [9.17, 15) is 0 Å². The Morgan fingerprint density at radius 1 is 1.86 bits per heavy atom. The van der Waals surface area contributed by atoms with Crippen molar-refractivity contribution in [2.45, 2.75) is 0 Å². The van der Waals surface area contributed by atoms with Gasteiger partial charge < -0.3 is 4.74 Å². The first-order valence-electron chi connectivity index (χ1n) is 1.97. The number of nitrogens with one attached hydrogen (secondary N) is 1. The van der Waals surface area contributed by atoms with Crippen LogP contribution in [0.3, 0.4) is 0 Å². The molecule has 0 atom stereocenters. The maximum atomic E-state index is 4.69. The van der Waals surface area contributed by atoms with Crippen molar-refractivity contribution in [1.82, 2.24) is 10.3 Å². The van der Waals surface area contributed by atoms with Crippen LogP contribution in [0.1, 0.15) is 0 Å². The maximum Gasteiger partial charge on any atom is 0.495 e. The second kappa shape index (κ2) is 1.64. The van der Waals surface area contributed by atoms with Gasteiger partial charge in [-0.05, 0) is 4.99 Å². The number of ether oxygens (including phenoxy) is 1. The van der Waals surface area contributed by atoms with Crippen LogP contribution < -0.4 is 10.3 Å². The normalized spacial score (nSPS) is 15.9. The maximum absolute atomic E-state index is 4.69. The highest BCUT2D eigenvalue weighted by Crippen LogP contribution is 1.74. The van der Waals surface area contributed by atoms with Crippen LogP contribution in [-0.4, -0.2) is 13.1 Å². The number of aliphatic imine (C=N–C) groups is 1. The highest BCUT2D eigenvalue weighted by Gasteiger charge is 2.08. The molecule has 1 aliphatic rings. The van der Waals surface area contributed by atoms with E-state index in [0.717, 1.165) is 0 Å². The SMILES string of the molecule is COC1=[N+]C=CN1. The lowest BCUT2D eigenvalue weighted by Crippen LogP contribution is -2.17. The fourth-order valence-corrected chi connectivity index (χ4v) is 0.362. The Balaban J connectivity index is 2.45. The average Bonchev–Trinajstić information content (AvgIpc) is 2.14. The Bertz CT molecular complexity index is 117. The Labute approximate surface area is 41.7 Å².